The van der Waals surface area contributed by atoms with E-state index < -0.39 is 6.10 Å². The van der Waals surface area contributed by atoms with Crippen LogP contribution >= 0.6 is 11.6 Å². The highest BCUT2D eigenvalue weighted by atomic mass is 35.5. The van der Waals surface area contributed by atoms with Gasteiger partial charge in [-0.2, -0.15) is 0 Å². The van der Waals surface area contributed by atoms with E-state index in [2.05, 4.69) is 43.0 Å². The van der Waals surface area contributed by atoms with Crippen LogP contribution in [-0.4, -0.2) is 54.2 Å². The molecule has 6 heteroatoms. The van der Waals surface area contributed by atoms with Crippen molar-refractivity contribution in [2.75, 3.05) is 26.3 Å². The number of ether oxygens (including phenoxy) is 1. The molecule has 0 saturated heterocycles. The van der Waals surface area contributed by atoms with Gasteiger partial charge in [-0.1, -0.05) is 67.0 Å². The lowest BCUT2D eigenvalue weighted by molar-refractivity contribution is -0.00734. The summed E-state index contributed by atoms with van der Waals surface area (Å²) >= 11 is 6.17. The number of rotatable bonds is 11. The molecule has 0 radical (unpaired) electrons. The van der Waals surface area contributed by atoms with Gasteiger partial charge < -0.3 is 14.7 Å². The molecule has 0 spiro atoms. The fourth-order valence-corrected chi connectivity index (χ4v) is 3.97. The highest BCUT2D eigenvalue weighted by Crippen LogP contribution is 2.21. The molecule has 31 heavy (non-hydrogen) atoms. The van der Waals surface area contributed by atoms with Crippen molar-refractivity contribution in [3.05, 3.63) is 70.2 Å². The van der Waals surface area contributed by atoms with E-state index >= 15 is 0 Å². The smallest absolute Gasteiger partial charge is 0.145 e. The minimum absolute atomic E-state index is 0.0578. The number of hydrogen-bond acceptors (Lipinski definition) is 5. The highest BCUT2D eigenvalue weighted by molar-refractivity contribution is 6.30. The number of aliphatic hydroxyl groups excluding tert-OH is 1. The Balaban J connectivity index is 1.61. The fraction of sp³-hybridized carbons (Fsp3) is 0.480. The third kappa shape index (κ3) is 7.62. The van der Waals surface area contributed by atoms with E-state index in [1.807, 2.05) is 36.4 Å². The van der Waals surface area contributed by atoms with Gasteiger partial charge in [-0.3, -0.25) is 4.90 Å². The zero-order chi connectivity index (χ0) is 22.2. The zero-order valence-electron chi connectivity index (χ0n) is 18.6. The van der Waals surface area contributed by atoms with Crippen LogP contribution in [0.1, 0.15) is 37.0 Å². The normalized spacial score (nSPS) is 17.1. The number of hydrogen-bond donors (Lipinski definition) is 1. The Labute approximate surface area is 190 Å². The second kappa shape index (κ2) is 11.6. The molecule has 2 aromatic rings. The second-order valence-corrected chi connectivity index (χ2v) is 9.13. The minimum atomic E-state index is -0.573. The molecule has 5 nitrogen and oxygen atoms in total. The van der Waals surface area contributed by atoms with Gasteiger partial charge in [0.15, 0.2) is 0 Å². The van der Waals surface area contributed by atoms with E-state index in [0.29, 0.717) is 43.8 Å². The van der Waals surface area contributed by atoms with Gasteiger partial charge in [0.05, 0.1) is 18.4 Å². The topological polar surface area (TPSA) is 54.3 Å². The van der Waals surface area contributed by atoms with Crippen molar-refractivity contribution < 1.29 is 14.7 Å². The third-order valence-electron chi connectivity index (χ3n) is 5.18. The van der Waals surface area contributed by atoms with E-state index in [1.54, 1.807) is 0 Å². The first-order valence-electron chi connectivity index (χ1n) is 10.9. The van der Waals surface area contributed by atoms with Crippen molar-refractivity contribution in [2.24, 2.45) is 11.1 Å². The average molecular weight is 445 g/mol. The molecular weight excluding hydrogens is 412 g/mol. The van der Waals surface area contributed by atoms with Crippen molar-refractivity contribution in [1.82, 2.24) is 4.90 Å². The number of aliphatic hydroxyl groups is 1. The fourth-order valence-electron chi connectivity index (χ4n) is 3.76. The second-order valence-electron chi connectivity index (χ2n) is 8.69. The number of nitrogens with zero attached hydrogens (tertiary/aromatic N) is 2. The van der Waals surface area contributed by atoms with Gasteiger partial charge in [0.1, 0.15) is 6.10 Å². The molecule has 0 amide bonds. The Morgan fingerprint density at radius 2 is 2.00 bits per heavy atom. The summed E-state index contributed by atoms with van der Waals surface area (Å²) in [6.45, 7) is 9.07. The number of aryl methyl sites for hydroxylation is 1. The van der Waals surface area contributed by atoms with Gasteiger partial charge in [-0.25, -0.2) is 0 Å². The van der Waals surface area contributed by atoms with E-state index in [-0.39, 0.29) is 6.10 Å². The van der Waals surface area contributed by atoms with Crippen LogP contribution in [0.25, 0.3) is 0 Å². The lowest BCUT2D eigenvalue weighted by atomic mass is 10.00. The Hall–Kier alpha value is -1.92. The van der Waals surface area contributed by atoms with Crippen LogP contribution in [0, 0.1) is 12.8 Å². The van der Waals surface area contributed by atoms with Gasteiger partial charge in [-0.05, 0) is 36.1 Å². The van der Waals surface area contributed by atoms with Gasteiger partial charge in [0.2, 0.25) is 0 Å². The molecule has 168 valence electrons. The van der Waals surface area contributed by atoms with Crippen LogP contribution in [0.4, 0.5) is 0 Å². The van der Waals surface area contributed by atoms with Gasteiger partial charge >= 0.3 is 0 Å². The maximum atomic E-state index is 10.5. The van der Waals surface area contributed by atoms with Crippen molar-refractivity contribution in [3.63, 3.8) is 0 Å². The van der Waals surface area contributed by atoms with Gasteiger partial charge in [0.25, 0.3) is 0 Å². The summed E-state index contributed by atoms with van der Waals surface area (Å²) in [7, 11) is 0. The monoisotopic (exact) mass is 444 g/mol. The maximum Gasteiger partial charge on any atom is 0.145 e. The SMILES string of the molecule is Cc1ccccc1C1=NOC(CN(Cc2cccc(Cl)c2)CC(O)COCC(C)C)C1. The molecule has 0 aromatic heterocycles. The molecule has 0 fully saturated rings. The predicted molar refractivity (Wildman–Crippen MR) is 126 cm³/mol. The minimum Gasteiger partial charge on any atom is -0.390 e. The van der Waals surface area contributed by atoms with E-state index in [0.717, 1.165) is 23.3 Å². The van der Waals surface area contributed by atoms with Crippen molar-refractivity contribution in [2.45, 2.75) is 45.9 Å². The zero-order valence-corrected chi connectivity index (χ0v) is 19.4. The molecule has 2 aromatic carbocycles. The molecular formula is C25H33ClN2O3. The summed E-state index contributed by atoms with van der Waals surface area (Å²) in [5.74, 6) is 0.443. The lowest BCUT2D eigenvalue weighted by Crippen LogP contribution is -2.39. The van der Waals surface area contributed by atoms with Crippen LogP contribution in [-0.2, 0) is 16.1 Å². The van der Waals surface area contributed by atoms with Gasteiger partial charge in [0, 0.05) is 43.2 Å². The molecule has 0 saturated carbocycles. The summed E-state index contributed by atoms with van der Waals surface area (Å²) < 4.78 is 5.63. The molecule has 2 unspecified atom stereocenters. The van der Waals surface area contributed by atoms with E-state index in [1.165, 1.54) is 5.56 Å². The van der Waals surface area contributed by atoms with Crippen molar-refractivity contribution in [3.8, 4) is 0 Å². The van der Waals surface area contributed by atoms with Crippen LogP contribution in [0.2, 0.25) is 5.02 Å². The van der Waals surface area contributed by atoms with Crippen LogP contribution < -0.4 is 0 Å². The Kier molecular flexibility index (Phi) is 8.90. The molecule has 1 heterocycles. The highest BCUT2D eigenvalue weighted by Gasteiger charge is 2.26. The molecule has 0 aliphatic carbocycles. The first-order valence-corrected chi connectivity index (χ1v) is 11.3. The average Bonchev–Trinajstić information content (AvgIpc) is 3.16. The first kappa shape index (κ1) is 23.7. The predicted octanol–water partition coefficient (Wildman–Crippen LogP) is 4.68. The third-order valence-corrected chi connectivity index (χ3v) is 5.41. The summed E-state index contributed by atoms with van der Waals surface area (Å²) in [5, 5.41) is 15.6. The van der Waals surface area contributed by atoms with Crippen LogP contribution in [0.15, 0.2) is 53.7 Å². The summed E-state index contributed by atoms with van der Waals surface area (Å²) in [4.78, 5) is 7.96. The van der Waals surface area contributed by atoms with Crippen molar-refractivity contribution >= 4 is 17.3 Å². The molecule has 2 atom stereocenters. The summed E-state index contributed by atoms with van der Waals surface area (Å²) in [6.07, 6.45) is 0.116. The van der Waals surface area contributed by atoms with E-state index in [9.17, 15) is 5.11 Å². The standard InChI is InChI=1S/C25H33ClN2O3/c1-18(2)16-30-17-22(29)14-28(13-20-8-6-9-21(26)11-20)15-23-12-25(27-31-23)24-10-5-4-7-19(24)3/h4-11,18,22-23,29H,12-17H2,1-3H3. The molecule has 1 N–H and O–H groups in total. The molecule has 0 bridgehead atoms. The Morgan fingerprint density at radius 3 is 2.74 bits per heavy atom. The first-order chi connectivity index (χ1) is 14.9. The maximum absolute atomic E-state index is 10.5. The quantitative estimate of drug-likeness (QED) is 0.546. The summed E-state index contributed by atoms with van der Waals surface area (Å²) in [6, 6.07) is 16.0. The molecule has 1 aliphatic heterocycles. The number of benzene rings is 2. The van der Waals surface area contributed by atoms with Crippen LogP contribution in [0.5, 0.6) is 0 Å². The number of halogens is 1. The molecule has 3 rings (SSSR count). The summed E-state index contributed by atoms with van der Waals surface area (Å²) in [5.41, 5.74) is 4.40. The van der Waals surface area contributed by atoms with Crippen LogP contribution in [0.3, 0.4) is 0 Å². The lowest BCUT2D eigenvalue weighted by Gasteiger charge is -2.27. The molecule has 1 aliphatic rings. The van der Waals surface area contributed by atoms with Gasteiger partial charge in [-0.15, -0.1) is 0 Å². The largest absolute Gasteiger partial charge is 0.390 e. The van der Waals surface area contributed by atoms with Crippen molar-refractivity contribution in [1.29, 1.82) is 0 Å². The van der Waals surface area contributed by atoms with E-state index in [4.69, 9.17) is 21.2 Å². The Morgan fingerprint density at radius 1 is 1.19 bits per heavy atom. The Bertz CT molecular complexity index is 871. The number of oxime groups is 1.